The summed E-state index contributed by atoms with van der Waals surface area (Å²) in [6, 6.07) is 9.99. The quantitative estimate of drug-likeness (QED) is 0.854. The van der Waals surface area contributed by atoms with Crippen molar-refractivity contribution in [1.82, 2.24) is 20.3 Å². The first-order valence-corrected chi connectivity index (χ1v) is 6.43. The van der Waals surface area contributed by atoms with E-state index < -0.39 is 5.60 Å². The fourth-order valence-electron chi connectivity index (χ4n) is 1.86. The summed E-state index contributed by atoms with van der Waals surface area (Å²) in [5, 5.41) is 21.8. The van der Waals surface area contributed by atoms with Gasteiger partial charge in [0.15, 0.2) is 0 Å². The Balaban J connectivity index is 2.29. The average Bonchev–Trinajstić information content (AvgIpc) is 2.87. The molecule has 0 spiro atoms. The first-order valence-electron chi connectivity index (χ1n) is 6.43. The highest BCUT2D eigenvalue weighted by atomic mass is 16.3. The van der Waals surface area contributed by atoms with Crippen LogP contribution in [0.15, 0.2) is 36.5 Å². The van der Waals surface area contributed by atoms with Crippen molar-refractivity contribution in [3.8, 4) is 5.69 Å². The zero-order valence-electron chi connectivity index (χ0n) is 11.5. The fourth-order valence-corrected chi connectivity index (χ4v) is 1.86. The van der Waals surface area contributed by atoms with E-state index in [-0.39, 0.29) is 0 Å². The molecule has 0 radical (unpaired) electrons. The third kappa shape index (κ3) is 3.19. The van der Waals surface area contributed by atoms with Crippen LogP contribution in [0.3, 0.4) is 0 Å². The van der Waals surface area contributed by atoms with E-state index in [1.807, 2.05) is 44.2 Å². The van der Waals surface area contributed by atoms with Gasteiger partial charge in [-0.1, -0.05) is 37.3 Å². The van der Waals surface area contributed by atoms with Gasteiger partial charge in [0.2, 0.25) is 0 Å². The predicted octanol–water partition coefficient (Wildman–Crippen LogP) is 1.47. The molecule has 0 bridgehead atoms. The summed E-state index contributed by atoms with van der Waals surface area (Å²) in [4.78, 5) is 0. The minimum Gasteiger partial charge on any atom is -0.382 e. The molecule has 1 unspecified atom stereocenters. The second-order valence-electron chi connectivity index (χ2n) is 5.18. The number of hydrogen-bond acceptors (Lipinski definition) is 4. The van der Waals surface area contributed by atoms with E-state index in [0.717, 1.165) is 5.69 Å². The third-order valence-corrected chi connectivity index (χ3v) is 2.96. The molecule has 0 amide bonds. The van der Waals surface area contributed by atoms with Crippen molar-refractivity contribution in [2.75, 3.05) is 6.54 Å². The van der Waals surface area contributed by atoms with E-state index in [1.165, 1.54) is 0 Å². The summed E-state index contributed by atoms with van der Waals surface area (Å²) >= 11 is 0. The van der Waals surface area contributed by atoms with Crippen LogP contribution < -0.4 is 5.32 Å². The second kappa shape index (κ2) is 5.50. The number of hydrogen-bond donors (Lipinski definition) is 2. The minimum absolute atomic E-state index is 0.313. The van der Waals surface area contributed by atoms with Gasteiger partial charge in [0.1, 0.15) is 5.60 Å². The Labute approximate surface area is 113 Å². The maximum absolute atomic E-state index is 10.6. The zero-order valence-corrected chi connectivity index (χ0v) is 11.5. The molecule has 5 heteroatoms. The molecule has 0 saturated carbocycles. The molecule has 2 N–H and O–H groups in total. The van der Waals surface area contributed by atoms with Crippen LogP contribution in [0.4, 0.5) is 0 Å². The van der Waals surface area contributed by atoms with E-state index in [4.69, 9.17) is 0 Å². The molecule has 1 atom stereocenters. The largest absolute Gasteiger partial charge is 0.382 e. The van der Waals surface area contributed by atoms with Gasteiger partial charge >= 0.3 is 0 Å². The van der Waals surface area contributed by atoms with Crippen LogP contribution in [0.5, 0.6) is 0 Å². The van der Waals surface area contributed by atoms with Crippen molar-refractivity contribution < 1.29 is 5.11 Å². The molecule has 0 saturated heterocycles. The molecule has 19 heavy (non-hydrogen) atoms. The molecule has 0 fully saturated rings. The van der Waals surface area contributed by atoms with Crippen LogP contribution in [-0.4, -0.2) is 32.7 Å². The Morgan fingerprint density at radius 3 is 2.63 bits per heavy atom. The molecule has 2 rings (SSSR count). The van der Waals surface area contributed by atoms with E-state index in [2.05, 4.69) is 15.6 Å². The second-order valence-corrected chi connectivity index (χ2v) is 5.18. The molecular weight excluding hydrogens is 240 g/mol. The summed E-state index contributed by atoms with van der Waals surface area (Å²) in [6.07, 6.45) is 1.61. The number of nitrogens with one attached hydrogen (secondary N) is 1. The summed E-state index contributed by atoms with van der Waals surface area (Å²) in [5.41, 5.74) is 0.538. The highest BCUT2D eigenvalue weighted by Gasteiger charge is 2.28. The van der Waals surface area contributed by atoms with Crippen molar-refractivity contribution in [3.05, 3.63) is 42.2 Å². The maximum atomic E-state index is 10.6. The van der Waals surface area contributed by atoms with E-state index >= 15 is 0 Å². The lowest BCUT2D eigenvalue weighted by Gasteiger charge is -2.25. The van der Waals surface area contributed by atoms with Crippen molar-refractivity contribution in [1.29, 1.82) is 0 Å². The van der Waals surface area contributed by atoms with Gasteiger partial charge < -0.3 is 10.4 Å². The highest BCUT2D eigenvalue weighted by molar-refractivity contribution is 5.32. The van der Waals surface area contributed by atoms with E-state index in [0.29, 0.717) is 18.3 Å². The van der Waals surface area contributed by atoms with Gasteiger partial charge in [0.25, 0.3) is 0 Å². The van der Waals surface area contributed by atoms with Crippen LogP contribution in [0.1, 0.15) is 26.5 Å². The first kappa shape index (κ1) is 13.7. The molecule has 0 aliphatic heterocycles. The average molecular weight is 260 g/mol. The molecule has 5 nitrogen and oxygen atoms in total. The number of nitrogens with zero attached hydrogens (tertiary/aromatic N) is 3. The summed E-state index contributed by atoms with van der Waals surface area (Å²) in [6.45, 7) is 6.30. The van der Waals surface area contributed by atoms with Gasteiger partial charge in [0, 0.05) is 12.6 Å². The lowest BCUT2D eigenvalue weighted by atomic mass is 10.0. The molecule has 1 aromatic carbocycles. The number of para-hydroxylation sites is 1. The van der Waals surface area contributed by atoms with E-state index in [9.17, 15) is 5.11 Å². The van der Waals surface area contributed by atoms with Gasteiger partial charge in [0.05, 0.1) is 17.6 Å². The number of benzene rings is 1. The number of rotatable bonds is 5. The standard InChI is InChI=1S/C14H20N4O/c1-11(2)15-10-14(3,19)13-9-16-17-18(13)12-7-5-4-6-8-12/h4-9,11,15,19H,10H2,1-3H3. The number of aliphatic hydroxyl groups is 1. The minimum atomic E-state index is -1.02. The van der Waals surface area contributed by atoms with Crippen molar-refractivity contribution in [3.63, 3.8) is 0 Å². The van der Waals surface area contributed by atoms with Gasteiger partial charge in [-0.15, -0.1) is 5.10 Å². The van der Waals surface area contributed by atoms with Crippen molar-refractivity contribution >= 4 is 0 Å². The molecule has 0 aliphatic rings. The smallest absolute Gasteiger partial charge is 0.118 e. The highest BCUT2D eigenvalue weighted by Crippen LogP contribution is 2.21. The molecule has 1 aromatic heterocycles. The fraction of sp³-hybridized carbons (Fsp3) is 0.429. The summed E-state index contributed by atoms with van der Waals surface area (Å²) in [7, 11) is 0. The van der Waals surface area contributed by atoms with Gasteiger partial charge in [-0.25, -0.2) is 4.68 Å². The van der Waals surface area contributed by atoms with Crippen LogP contribution >= 0.6 is 0 Å². The van der Waals surface area contributed by atoms with Crippen LogP contribution in [0.2, 0.25) is 0 Å². The first-order chi connectivity index (χ1) is 9.00. The van der Waals surface area contributed by atoms with Crippen molar-refractivity contribution in [2.24, 2.45) is 0 Å². The molecule has 1 heterocycles. The Kier molecular flexibility index (Phi) is 3.97. The molecule has 102 valence electrons. The summed E-state index contributed by atoms with van der Waals surface area (Å²) < 4.78 is 1.67. The van der Waals surface area contributed by atoms with E-state index in [1.54, 1.807) is 17.8 Å². The predicted molar refractivity (Wildman–Crippen MR) is 74.1 cm³/mol. The van der Waals surface area contributed by atoms with Crippen LogP contribution in [0.25, 0.3) is 5.69 Å². The number of aromatic nitrogens is 3. The SMILES string of the molecule is CC(C)NCC(C)(O)c1cnnn1-c1ccccc1. The Morgan fingerprint density at radius 1 is 1.32 bits per heavy atom. The molecular formula is C14H20N4O. The van der Waals surface area contributed by atoms with Crippen LogP contribution in [-0.2, 0) is 5.60 Å². The Morgan fingerprint density at radius 2 is 2.00 bits per heavy atom. The van der Waals surface area contributed by atoms with Gasteiger partial charge in [-0.3, -0.25) is 0 Å². The van der Waals surface area contributed by atoms with Crippen molar-refractivity contribution in [2.45, 2.75) is 32.4 Å². The maximum Gasteiger partial charge on any atom is 0.118 e. The summed E-state index contributed by atoms with van der Waals surface area (Å²) in [5.74, 6) is 0. The monoisotopic (exact) mass is 260 g/mol. The van der Waals surface area contributed by atoms with Gasteiger partial charge in [-0.2, -0.15) is 0 Å². The lowest BCUT2D eigenvalue weighted by molar-refractivity contribution is 0.0480. The van der Waals surface area contributed by atoms with Gasteiger partial charge in [-0.05, 0) is 19.1 Å². The third-order valence-electron chi connectivity index (χ3n) is 2.96. The zero-order chi connectivity index (χ0) is 13.9. The normalized spacial score (nSPS) is 14.6. The lowest BCUT2D eigenvalue weighted by Crippen LogP contribution is -2.39. The molecule has 0 aliphatic carbocycles. The topological polar surface area (TPSA) is 63.0 Å². The molecule has 2 aromatic rings. The Bertz CT molecular complexity index is 519. The Hall–Kier alpha value is -1.72. The van der Waals surface area contributed by atoms with Crippen LogP contribution in [0, 0.1) is 0 Å².